The van der Waals surface area contributed by atoms with Crippen molar-refractivity contribution in [3.05, 3.63) is 89.0 Å². The van der Waals surface area contributed by atoms with Crippen LogP contribution in [0.2, 0.25) is 0 Å². The molecule has 3 aromatic rings. The average molecular weight is 541 g/mol. The van der Waals surface area contributed by atoms with Gasteiger partial charge in [0.2, 0.25) is 0 Å². The van der Waals surface area contributed by atoms with Gasteiger partial charge in [-0.05, 0) is 41.8 Å². The molecule has 5 atom stereocenters. The van der Waals surface area contributed by atoms with Gasteiger partial charge in [0.15, 0.2) is 5.44 Å². The van der Waals surface area contributed by atoms with Gasteiger partial charge in [-0.25, -0.2) is 4.79 Å². The Kier molecular flexibility index (Phi) is 9.13. The van der Waals surface area contributed by atoms with Crippen LogP contribution in [-0.4, -0.2) is 67.2 Å². The number of amides is 2. The number of phenols is 1. The maximum Gasteiger partial charge on any atom is 0.319 e. The number of hydrogen-bond acceptors (Lipinski definition) is 8. The highest BCUT2D eigenvalue weighted by molar-refractivity contribution is 8.00. The van der Waals surface area contributed by atoms with Gasteiger partial charge in [0.05, 0.1) is 18.0 Å². The number of benzene rings is 3. The van der Waals surface area contributed by atoms with E-state index in [0.717, 1.165) is 34.0 Å². The Balaban J connectivity index is 1.43. The molecule has 0 bridgehead atoms. The summed E-state index contributed by atoms with van der Waals surface area (Å²) in [6, 6.07) is 19.7. The van der Waals surface area contributed by atoms with Gasteiger partial charge in [-0.3, -0.25) is 0 Å². The zero-order valence-electron chi connectivity index (χ0n) is 20.8. The third-order valence-corrected chi connectivity index (χ3v) is 7.82. The highest BCUT2D eigenvalue weighted by atomic mass is 32.2. The number of aliphatic hydroxyl groups excluding tert-OH is 4. The lowest BCUT2D eigenvalue weighted by Crippen LogP contribution is -2.55. The Morgan fingerprint density at radius 1 is 0.947 bits per heavy atom. The molecule has 0 radical (unpaired) electrons. The molecule has 9 nitrogen and oxygen atoms in total. The normalized spacial score (nSPS) is 23.0. The van der Waals surface area contributed by atoms with Gasteiger partial charge in [0, 0.05) is 30.3 Å². The van der Waals surface area contributed by atoms with Crippen LogP contribution >= 0.6 is 11.8 Å². The van der Waals surface area contributed by atoms with E-state index in [1.165, 1.54) is 6.07 Å². The summed E-state index contributed by atoms with van der Waals surface area (Å²) in [7, 11) is 0. The van der Waals surface area contributed by atoms with Crippen LogP contribution in [0.4, 0.5) is 10.5 Å². The highest BCUT2D eigenvalue weighted by Crippen LogP contribution is 2.37. The van der Waals surface area contributed by atoms with E-state index in [4.69, 9.17) is 4.74 Å². The maximum absolute atomic E-state index is 12.3. The molecule has 1 aliphatic rings. The molecule has 1 heterocycles. The van der Waals surface area contributed by atoms with Crippen LogP contribution in [0.25, 0.3) is 0 Å². The van der Waals surface area contributed by atoms with E-state index in [9.17, 15) is 30.3 Å². The number of aryl methyl sites for hydroxylation is 1. The minimum absolute atomic E-state index is 0.0168. The Morgan fingerprint density at radius 2 is 1.66 bits per heavy atom. The van der Waals surface area contributed by atoms with E-state index >= 15 is 0 Å². The van der Waals surface area contributed by atoms with E-state index in [-0.39, 0.29) is 11.8 Å². The maximum atomic E-state index is 12.3. The number of aliphatic hydroxyl groups is 4. The summed E-state index contributed by atoms with van der Waals surface area (Å²) in [5, 5.41) is 55.4. The standard InChI is InChI=1S/C28H32N2O7S/c1-16-11-20(32)13-22(37-27-26(35)25(34)24(33)23(15-31)38-27)21(16)12-17-7-9-19(10-8-17)30-28(36)29-14-18-5-3-2-4-6-18/h2-11,13,23-27,31-35H,12,14-15H2,1H3,(H2,29,30,36)/t23?,24-,25+,26-,27-/m1/s1. The number of nitrogens with one attached hydrogen (secondary N) is 2. The summed E-state index contributed by atoms with van der Waals surface area (Å²) in [6.07, 6.45) is -3.74. The Bertz CT molecular complexity index is 1220. The van der Waals surface area contributed by atoms with Gasteiger partial charge in [-0.2, -0.15) is 0 Å². The quantitative estimate of drug-likeness (QED) is 0.230. The summed E-state index contributed by atoms with van der Waals surface area (Å²) >= 11 is 1.02. The summed E-state index contributed by atoms with van der Waals surface area (Å²) in [6.45, 7) is 1.84. The average Bonchev–Trinajstić information content (AvgIpc) is 2.91. The van der Waals surface area contributed by atoms with Gasteiger partial charge in [-0.15, -0.1) is 11.8 Å². The molecule has 4 rings (SSSR count). The van der Waals surface area contributed by atoms with Crippen LogP contribution in [0.15, 0.2) is 66.7 Å². The summed E-state index contributed by atoms with van der Waals surface area (Å²) in [5.41, 5.74) is 3.10. The molecule has 202 valence electrons. The number of rotatable bonds is 8. The van der Waals surface area contributed by atoms with Gasteiger partial charge < -0.3 is 40.9 Å². The number of phenolic OH excluding ortho intramolecular Hbond substituents is 1. The summed E-state index contributed by atoms with van der Waals surface area (Å²) in [4.78, 5) is 12.3. The van der Waals surface area contributed by atoms with Crippen LogP contribution in [-0.2, 0) is 13.0 Å². The largest absolute Gasteiger partial charge is 0.508 e. The Morgan fingerprint density at radius 3 is 2.34 bits per heavy atom. The van der Waals surface area contributed by atoms with Crippen LogP contribution in [0.3, 0.4) is 0 Å². The molecule has 7 N–H and O–H groups in total. The lowest BCUT2D eigenvalue weighted by atomic mass is 9.98. The number of anilines is 1. The number of carbonyl (C=O) groups excluding carboxylic acids is 1. The Labute approximate surface area is 225 Å². The molecule has 38 heavy (non-hydrogen) atoms. The predicted molar refractivity (Wildman–Crippen MR) is 145 cm³/mol. The van der Waals surface area contributed by atoms with Crippen molar-refractivity contribution in [1.82, 2.24) is 5.32 Å². The van der Waals surface area contributed by atoms with E-state index in [1.54, 1.807) is 18.2 Å². The molecule has 1 fully saturated rings. The third-order valence-electron chi connectivity index (χ3n) is 6.40. The van der Waals surface area contributed by atoms with Crippen LogP contribution in [0.5, 0.6) is 11.5 Å². The zero-order valence-corrected chi connectivity index (χ0v) is 21.6. The number of thioether (sulfide) groups is 1. The van der Waals surface area contributed by atoms with Crippen molar-refractivity contribution >= 4 is 23.5 Å². The smallest absolute Gasteiger partial charge is 0.319 e. The van der Waals surface area contributed by atoms with Crippen molar-refractivity contribution in [1.29, 1.82) is 0 Å². The molecule has 3 aromatic carbocycles. The first kappa shape index (κ1) is 27.7. The van der Waals surface area contributed by atoms with E-state index in [1.807, 2.05) is 49.4 Å². The minimum atomic E-state index is -1.48. The first-order valence-electron chi connectivity index (χ1n) is 12.2. The van der Waals surface area contributed by atoms with Crippen molar-refractivity contribution in [2.24, 2.45) is 0 Å². The molecule has 1 aliphatic heterocycles. The molecule has 0 aromatic heterocycles. The molecule has 0 aliphatic carbocycles. The fraction of sp³-hybridized carbons (Fsp3) is 0.321. The van der Waals surface area contributed by atoms with Crippen LogP contribution < -0.4 is 15.4 Å². The molecular weight excluding hydrogens is 508 g/mol. The monoisotopic (exact) mass is 540 g/mol. The first-order valence-corrected chi connectivity index (χ1v) is 13.2. The lowest BCUT2D eigenvalue weighted by Gasteiger charge is -2.39. The second kappa shape index (κ2) is 12.5. The lowest BCUT2D eigenvalue weighted by molar-refractivity contribution is -0.0910. The van der Waals surface area contributed by atoms with Crippen molar-refractivity contribution in [3.63, 3.8) is 0 Å². The number of aromatic hydroxyl groups is 1. The van der Waals surface area contributed by atoms with Crippen molar-refractivity contribution < 1.29 is 35.1 Å². The highest BCUT2D eigenvalue weighted by Gasteiger charge is 2.44. The molecule has 0 spiro atoms. The second-order valence-corrected chi connectivity index (χ2v) is 10.6. The van der Waals surface area contributed by atoms with Crippen LogP contribution in [0.1, 0.15) is 22.3 Å². The molecule has 2 amide bonds. The summed E-state index contributed by atoms with van der Waals surface area (Å²) < 4.78 is 6.03. The fourth-order valence-electron chi connectivity index (χ4n) is 4.25. The van der Waals surface area contributed by atoms with E-state index < -0.39 is 35.6 Å². The SMILES string of the molecule is Cc1cc(O)cc(O[C@@H]2SC(CO)[C@@H](O)[C@H](O)[C@H]2O)c1Cc1ccc(NC(=O)NCc2ccccc2)cc1. The third kappa shape index (κ3) is 6.77. The molecular formula is C28H32N2O7S. The van der Waals surface area contributed by atoms with Crippen molar-refractivity contribution in [2.75, 3.05) is 11.9 Å². The second-order valence-electron chi connectivity index (χ2n) is 9.22. The van der Waals surface area contributed by atoms with E-state index in [0.29, 0.717) is 24.4 Å². The summed E-state index contributed by atoms with van der Waals surface area (Å²) in [5.74, 6) is 0.304. The fourth-order valence-corrected chi connectivity index (χ4v) is 5.49. The molecule has 1 saturated heterocycles. The number of urea groups is 1. The molecule has 0 saturated carbocycles. The van der Waals surface area contributed by atoms with Crippen LogP contribution in [0, 0.1) is 6.92 Å². The Hall–Kier alpha value is -3.28. The number of carbonyl (C=O) groups is 1. The predicted octanol–water partition coefficient (Wildman–Crippen LogP) is 2.51. The van der Waals surface area contributed by atoms with Gasteiger partial charge in [0.25, 0.3) is 0 Å². The van der Waals surface area contributed by atoms with Crippen molar-refractivity contribution in [2.45, 2.75) is 48.9 Å². The van der Waals surface area contributed by atoms with Gasteiger partial charge >= 0.3 is 6.03 Å². The number of ether oxygens (including phenoxy) is 1. The minimum Gasteiger partial charge on any atom is -0.508 e. The van der Waals surface area contributed by atoms with E-state index in [2.05, 4.69) is 10.6 Å². The first-order chi connectivity index (χ1) is 18.2. The molecule has 1 unspecified atom stereocenters. The topological polar surface area (TPSA) is 152 Å². The zero-order chi connectivity index (χ0) is 27.2. The van der Waals surface area contributed by atoms with Gasteiger partial charge in [-0.1, -0.05) is 42.5 Å². The van der Waals surface area contributed by atoms with Gasteiger partial charge in [0.1, 0.15) is 23.7 Å². The molecule has 10 heteroatoms. The van der Waals surface area contributed by atoms with Crippen molar-refractivity contribution in [3.8, 4) is 11.5 Å². The number of hydrogen-bond donors (Lipinski definition) is 7.